The van der Waals surface area contributed by atoms with Crippen LogP contribution in [0.1, 0.15) is 33.6 Å². The third-order valence-corrected chi connectivity index (χ3v) is 2.51. The van der Waals surface area contributed by atoms with Gasteiger partial charge in [0.15, 0.2) is 0 Å². The molecule has 1 aliphatic heterocycles. The van der Waals surface area contributed by atoms with Gasteiger partial charge in [-0.3, -0.25) is 4.79 Å². The van der Waals surface area contributed by atoms with Crippen LogP contribution in [0.5, 0.6) is 0 Å². The number of hydrogen-bond donors (Lipinski definition) is 1. The third kappa shape index (κ3) is 6.26. The van der Waals surface area contributed by atoms with Gasteiger partial charge >= 0.3 is 6.09 Å². The Kier molecular flexibility index (Phi) is 4.93. The first kappa shape index (κ1) is 14.0. The Bertz CT molecular complexity index is 274. The standard InChI is InChI=1S/C12H22N2O3/c1-12(2,3)17-11(16)13-6-9-14-7-4-10(15)5-8-14/h4-9H2,1-3H3,(H,13,16). The highest BCUT2D eigenvalue weighted by Gasteiger charge is 2.17. The van der Waals surface area contributed by atoms with Crippen LogP contribution in [0.4, 0.5) is 4.79 Å². The topological polar surface area (TPSA) is 58.6 Å². The molecule has 17 heavy (non-hydrogen) atoms. The highest BCUT2D eigenvalue weighted by molar-refractivity contribution is 5.79. The number of nitrogens with one attached hydrogen (secondary N) is 1. The Balaban J connectivity index is 2.11. The first-order valence-electron chi connectivity index (χ1n) is 6.08. The van der Waals surface area contributed by atoms with E-state index in [0.717, 1.165) is 19.6 Å². The minimum absolute atomic E-state index is 0.335. The molecule has 1 heterocycles. The van der Waals surface area contributed by atoms with Gasteiger partial charge in [-0.25, -0.2) is 4.79 Å². The maximum absolute atomic E-state index is 11.3. The number of hydrogen-bond acceptors (Lipinski definition) is 4. The van der Waals surface area contributed by atoms with Crippen LogP contribution in [-0.4, -0.2) is 48.6 Å². The van der Waals surface area contributed by atoms with E-state index in [1.54, 1.807) is 0 Å². The number of ether oxygens (including phenoxy) is 1. The Labute approximate surface area is 102 Å². The van der Waals surface area contributed by atoms with Gasteiger partial charge in [0.25, 0.3) is 0 Å². The van der Waals surface area contributed by atoms with Crippen LogP contribution < -0.4 is 5.32 Å². The van der Waals surface area contributed by atoms with Crippen molar-refractivity contribution in [2.45, 2.75) is 39.2 Å². The van der Waals surface area contributed by atoms with E-state index in [9.17, 15) is 9.59 Å². The molecule has 0 spiro atoms. The van der Waals surface area contributed by atoms with Gasteiger partial charge in [0, 0.05) is 39.0 Å². The molecule has 0 radical (unpaired) electrons. The highest BCUT2D eigenvalue weighted by Crippen LogP contribution is 2.07. The fourth-order valence-electron chi connectivity index (χ4n) is 1.66. The molecule has 1 amide bonds. The van der Waals surface area contributed by atoms with Crippen molar-refractivity contribution in [1.82, 2.24) is 10.2 Å². The molecule has 0 aliphatic carbocycles. The second-order valence-electron chi connectivity index (χ2n) is 5.31. The van der Waals surface area contributed by atoms with Crippen LogP contribution in [0.15, 0.2) is 0 Å². The summed E-state index contributed by atoms with van der Waals surface area (Å²) in [6.07, 6.45) is 0.879. The molecule has 5 nitrogen and oxygen atoms in total. The average molecular weight is 242 g/mol. The van der Waals surface area contributed by atoms with Gasteiger partial charge < -0.3 is 15.0 Å². The van der Waals surface area contributed by atoms with Crippen molar-refractivity contribution in [2.75, 3.05) is 26.2 Å². The van der Waals surface area contributed by atoms with Gasteiger partial charge in [-0.15, -0.1) is 0 Å². The lowest BCUT2D eigenvalue weighted by atomic mass is 10.1. The molecular formula is C12H22N2O3. The summed E-state index contributed by atoms with van der Waals surface area (Å²) in [5.74, 6) is 0.335. The average Bonchev–Trinajstić information content (AvgIpc) is 2.18. The number of amides is 1. The molecule has 98 valence electrons. The van der Waals surface area contributed by atoms with E-state index in [2.05, 4.69) is 10.2 Å². The SMILES string of the molecule is CC(C)(C)OC(=O)NCCN1CCC(=O)CC1. The zero-order valence-electron chi connectivity index (χ0n) is 10.9. The van der Waals surface area contributed by atoms with Gasteiger partial charge in [0.1, 0.15) is 11.4 Å². The summed E-state index contributed by atoms with van der Waals surface area (Å²) in [6, 6.07) is 0. The molecule has 1 fully saturated rings. The van der Waals surface area contributed by atoms with E-state index in [1.807, 2.05) is 20.8 Å². The second-order valence-corrected chi connectivity index (χ2v) is 5.31. The van der Waals surface area contributed by atoms with Gasteiger partial charge in [0.2, 0.25) is 0 Å². The molecule has 0 aromatic heterocycles. The van der Waals surface area contributed by atoms with Crippen molar-refractivity contribution < 1.29 is 14.3 Å². The number of piperidine rings is 1. The zero-order valence-corrected chi connectivity index (χ0v) is 10.9. The van der Waals surface area contributed by atoms with Crippen LogP contribution >= 0.6 is 0 Å². The van der Waals surface area contributed by atoms with Gasteiger partial charge in [-0.05, 0) is 20.8 Å². The lowest BCUT2D eigenvalue weighted by Crippen LogP contribution is -2.41. The number of carbonyl (C=O) groups excluding carboxylic acids is 2. The van der Waals surface area contributed by atoms with Crippen molar-refractivity contribution in [1.29, 1.82) is 0 Å². The highest BCUT2D eigenvalue weighted by atomic mass is 16.6. The summed E-state index contributed by atoms with van der Waals surface area (Å²) >= 11 is 0. The predicted molar refractivity (Wildman–Crippen MR) is 64.9 cm³/mol. The minimum atomic E-state index is -0.457. The Hall–Kier alpha value is -1.10. The normalized spacial score (nSPS) is 17.9. The van der Waals surface area contributed by atoms with E-state index in [1.165, 1.54) is 0 Å². The van der Waals surface area contributed by atoms with E-state index in [0.29, 0.717) is 25.2 Å². The lowest BCUT2D eigenvalue weighted by molar-refractivity contribution is -0.121. The number of nitrogens with zero attached hydrogens (tertiary/aromatic N) is 1. The number of likely N-dealkylation sites (tertiary alicyclic amines) is 1. The van der Waals surface area contributed by atoms with E-state index < -0.39 is 5.60 Å². The third-order valence-electron chi connectivity index (χ3n) is 2.51. The maximum atomic E-state index is 11.3. The van der Waals surface area contributed by atoms with Gasteiger partial charge in [-0.2, -0.15) is 0 Å². The summed E-state index contributed by atoms with van der Waals surface area (Å²) in [4.78, 5) is 24.6. The van der Waals surface area contributed by atoms with Crippen molar-refractivity contribution >= 4 is 11.9 Å². The van der Waals surface area contributed by atoms with Gasteiger partial charge in [0.05, 0.1) is 0 Å². The van der Waals surface area contributed by atoms with Crippen LogP contribution in [0, 0.1) is 0 Å². The lowest BCUT2D eigenvalue weighted by Gasteiger charge is -2.26. The smallest absolute Gasteiger partial charge is 0.407 e. The van der Waals surface area contributed by atoms with Crippen LogP contribution in [0.2, 0.25) is 0 Å². The van der Waals surface area contributed by atoms with E-state index in [4.69, 9.17) is 4.74 Å². The molecule has 5 heteroatoms. The maximum Gasteiger partial charge on any atom is 0.407 e. The molecule has 0 saturated carbocycles. The molecule has 0 atom stereocenters. The Morgan fingerprint density at radius 3 is 2.47 bits per heavy atom. The van der Waals surface area contributed by atoms with Crippen molar-refractivity contribution in [2.24, 2.45) is 0 Å². The first-order valence-corrected chi connectivity index (χ1v) is 6.08. The molecule has 0 aromatic rings. The molecule has 0 bridgehead atoms. The molecule has 0 aromatic carbocycles. The molecular weight excluding hydrogens is 220 g/mol. The number of carbonyl (C=O) groups is 2. The largest absolute Gasteiger partial charge is 0.444 e. The number of rotatable bonds is 3. The molecule has 1 rings (SSSR count). The molecule has 1 N–H and O–H groups in total. The fraction of sp³-hybridized carbons (Fsp3) is 0.833. The first-order chi connectivity index (χ1) is 7.87. The summed E-state index contributed by atoms with van der Waals surface area (Å²) < 4.78 is 5.12. The minimum Gasteiger partial charge on any atom is -0.444 e. The Morgan fingerprint density at radius 2 is 1.94 bits per heavy atom. The fourth-order valence-corrected chi connectivity index (χ4v) is 1.66. The van der Waals surface area contributed by atoms with E-state index >= 15 is 0 Å². The molecule has 1 saturated heterocycles. The molecule has 1 aliphatic rings. The zero-order chi connectivity index (χ0) is 12.9. The summed E-state index contributed by atoms with van der Waals surface area (Å²) in [6.45, 7) is 8.44. The van der Waals surface area contributed by atoms with Crippen LogP contribution in [0.3, 0.4) is 0 Å². The monoisotopic (exact) mass is 242 g/mol. The molecule has 0 unspecified atom stereocenters. The summed E-state index contributed by atoms with van der Waals surface area (Å²) in [5.41, 5.74) is -0.457. The quantitative estimate of drug-likeness (QED) is 0.807. The van der Waals surface area contributed by atoms with Crippen molar-refractivity contribution in [3.63, 3.8) is 0 Å². The summed E-state index contributed by atoms with van der Waals surface area (Å²) in [7, 11) is 0. The van der Waals surface area contributed by atoms with Crippen LogP contribution in [-0.2, 0) is 9.53 Å². The van der Waals surface area contributed by atoms with Crippen LogP contribution in [0.25, 0.3) is 0 Å². The number of alkyl carbamates (subject to hydrolysis) is 1. The number of ketones is 1. The summed E-state index contributed by atoms with van der Waals surface area (Å²) in [5, 5.41) is 2.71. The van der Waals surface area contributed by atoms with Crippen molar-refractivity contribution in [3.05, 3.63) is 0 Å². The van der Waals surface area contributed by atoms with Crippen molar-refractivity contribution in [3.8, 4) is 0 Å². The number of Topliss-reactive ketones (excluding diaryl/α,β-unsaturated/α-hetero) is 1. The Morgan fingerprint density at radius 1 is 1.35 bits per heavy atom. The van der Waals surface area contributed by atoms with E-state index in [-0.39, 0.29) is 6.09 Å². The predicted octanol–water partition coefficient (Wildman–Crippen LogP) is 1.18. The van der Waals surface area contributed by atoms with Gasteiger partial charge in [-0.1, -0.05) is 0 Å². The second kappa shape index (κ2) is 6.00.